The molecule has 1 amide bonds. The quantitative estimate of drug-likeness (QED) is 0.589. The van der Waals surface area contributed by atoms with Crippen LogP contribution >= 0.6 is 27.7 Å². The summed E-state index contributed by atoms with van der Waals surface area (Å²) in [6.07, 6.45) is 0.829. The van der Waals surface area contributed by atoms with Crippen molar-refractivity contribution < 1.29 is 9.53 Å². The summed E-state index contributed by atoms with van der Waals surface area (Å²) in [7, 11) is 0. The molecule has 2 rings (SSSR count). The van der Waals surface area contributed by atoms with E-state index >= 15 is 0 Å². The molecule has 1 aromatic heterocycles. The van der Waals surface area contributed by atoms with Gasteiger partial charge in [0.1, 0.15) is 10.2 Å². The summed E-state index contributed by atoms with van der Waals surface area (Å²) in [6.45, 7) is 7.25. The fraction of sp³-hybridized carbons (Fsp3) is 0.600. The van der Waals surface area contributed by atoms with Crippen molar-refractivity contribution in [3.8, 4) is 0 Å². The van der Waals surface area contributed by atoms with Crippen molar-refractivity contribution in [1.29, 1.82) is 0 Å². The fourth-order valence-electron chi connectivity index (χ4n) is 2.13. The fourth-order valence-corrected chi connectivity index (χ4v) is 3.61. The molecule has 2 heterocycles. The lowest BCUT2D eigenvalue weighted by atomic mass is 10.2. The van der Waals surface area contributed by atoms with Crippen molar-refractivity contribution in [2.24, 2.45) is 5.92 Å². The Morgan fingerprint density at radius 2 is 2.29 bits per heavy atom. The highest BCUT2D eigenvalue weighted by Crippen LogP contribution is 2.26. The number of pyridine rings is 1. The number of carbonyl (C=O) groups is 1. The second kappa shape index (κ2) is 7.01. The number of likely N-dealkylation sites (tertiary alicyclic amines) is 1. The molecule has 1 aromatic rings. The highest BCUT2D eigenvalue weighted by molar-refractivity contribution is 9.10. The van der Waals surface area contributed by atoms with Gasteiger partial charge in [0.25, 0.3) is 0 Å². The zero-order chi connectivity index (χ0) is 15.5. The van der Waals surface area contributed by atoms with E-state index in [1.54, 1.807) is 11.8 Å². The number of amides is 1. The summed E-state index contributed by atoms with van der Waals surface area (Å²) in [5, 5.41) is 1.01. The van der Waals surface area contributed by atoms with E-state index in [0.29, 0.717) is 5.92 Å². The molecule has 4 nitrogen and oxygen atoms in total. The van der Waals surface area contributed by atoms with E-state index in [4.69, 9.17) is 4.74 Å². The Labute approximate surface area is 138 Å². The van der Waals surface area contributed by atoms with E-state index in [-0.39, 0.29) is 6.09 Å². The minimum atomic E-state index is -0.426. The maximum absolute atomic E-state index is 12.0. The molecular formula is C15H21BrN2O2S. The molecular weight excluding hydrogens is 352 g/mol. The van der Waals surface area contributed by atoms with Crippen molar-refractivity contribution in [2.45, 2.75) is 37.8 Å². The van der Waals surface area contributed by atoms with E-state index in [1.165, 1.54) is 0 Å². The maximum atomic E-state index is 12.0. The number of hydrogen-bond acceptors (Lipinski definition) is 4. The van der Waals surface area contributed by atoms with E-state index in [1.807, 2.05) is 43.9 Å². The first-order chi connectivity index (χ1) is 9.83. The van der Waals surface area contributed by atoms with Crippen molar-refractivity contribution in [3.63, 3.8) is 0 Å². The van der Waals surface area contributed by atoms with Crippen LogP contribution in [0.4, 0.5) is 4.79 Å². The Morgan fingerprint density at radius 1 is 1.52 bits per heavy atom. The number of ether oxygens (including phenoxy) is 1. The average Bonchev–Trinajstić information content (AvgIpc) is 2.83. The molecule has 1 saturated heterocycles. The Bertz CT molecular complexity index is 505. The Kier molecular flexibility index (Phi) is 5.54. The van der Waals surface area contributed by atoms with Crippen molar-refractivity contribution in [1.82, 2.24) is 9.88 Å². The molecule has 1 atom stereocenters. The molecule has 1 fully saturated rings. The van der Waals surface area contributed by atoms with Gasteiger partial charge >= 0.3 is 6.09 Å². The number of carbonyl (C=O) groups excluding carboxylic acids is 1. The topological polar surface area (TPSA) is 42.4 Å². The molecule has 0 saturated carbocycles. The van der Waals surface area contributed by atoms with E-state index in [2.05, 4.69) is 20.9 Å². The lowest BCUT2D eigenvalue weighted by molar-refractivity contribution is 0.0289. The largest absolute Gasteiger partial charge is 0.444 e. The summed E-state index contributed by atoms with van der Waals surface area (Å²) in [5.74, 6) is 1.48. The van der Waals surface area contributed by atoms with Crippen LogP contribution in [0.25, 0.3) is 0 Å². The smallest absolute Gasteiger partial charge is 0.410 e. The molecule has 0 spiro atoms. The molecule has 6 heteroatoms. The van der Waals surface area contributed by atoms with Gasteiger partial charge < -0.3 is 9.64 Å². The van der Waals surface area contributed by atoms with E-state index < -0.39 is 5.60 Å². The standard InChI is InChI=1S/C15H21BrN2O2S/c1-15(2,3)20-14(19)18-8-7-11(9-18)10-21-13-6-4-5-12(16)17-13/h4-6,11H,7-10H2,1-3H3. The molecule has 0 aliphatic carbocycles. The van der Waals surface area contributed by atoms with Gasteiger partial charge in [-0.3, -0.25) is 0 Å². The van der Waals surface area contributed by atoms with Crippen molar-refractivity contribution in [3.05, 3.63) is 22.8 Å². The first-order valence-corrected chi connectivity index (χ1v) is 8.84. The third-order valence-electron chi connectivity index (χ3n) is 3.09. The number of rotatable bonds is 3. The summed E-state index contributed by atoms with van der Waals surface area (Å²) in [4.78, 5) is 18.2. The highest BCUT2D eigenvalue weighted by Gasteiger charge is 2.29. The molecule has 1 unspecified atom stereocenters. The first kappa shape index (κ1) is 16.6. The van der Waals surface area contributed by atoms with Crippen LogP contribution in [0.3, 0.4) is 0 Å². The van der Waals surface area contributed by atoms with Gasteiger partial charge in [-0.15, -0.1) is 11.8 Å². The van der Waals surface area contributed by atoms with Gasteiger partial charge in [-0.2, -0.15) is 0 Å². The van der Waals surface area contributed by atoms with E-state index in [9.17, 15) is 4.79 Å². The van der Waals surface area contributed by atoms with Crippen LogP contribution in [0.2, 0.25) is 0 Å². The third-order valence-corrected chi connectivity index (χ3v) is 4.70. The molecule has 0 N–H and O–H groups in total. The molecule has 0 aromatic carbocycles. The zero-order valence-corrected chi connectivity index (χ0v) is 15.0. The Hall–Kier alpha value is -0.750. The van der Waals surface area contributed by atoms with Crippen LogP contribution < -0.4 is 0 Å². The van der Waals surface area contributed by atoms with Crippen LogP contribution in [0, 0.1) is 5.92 Å². The number of nitrogens with zero attached hydrogens (tertiary/aromatic N) is 2. The first-order valence-electron chi connectivity index (χ1n) is 7.07. The number of halogens is 1. The third kappa shape index (κ3) is 5.51. The predicted molar refractivity (Wildman–Crippen MR) is 88.6 cm³/mol. The lowest BCUT2D eigenvalue weighted by Gasteiger charge is -2.24. The predicted octanol–water partition coefficient (Wildman–Crippen LogP) is 4.19. The monoisotopic (exact) mass is 372 g/mol. The average molecular weight is 373 g/mol. The lowest BCUT2D eigenvalue weighted by Crippen LogP contribution is -2.35. The highest BCUT2D eigenvalue weighted by atomic mass is 79.9. The minimum absolute atomic E-state index is 0.199. The molecule has 21 heavy (non-hydrogen) atoms. The minimum Gasteiger partial charge on any atom is -0.444 e. The van der Waals surface area contributed by atoms with Crippen LogP contribution in [-0.2, 0) is 4.74 Å². The van der Waals surface area contributed by atoms with Crippen LogP contribution in [0.15, 0.2) is 27.8 Å². The SMILES string of the molecule is CC(C)(C)OC(=O)N1CCC(CSc2cccc(Br)n2)C1. The summed E-state index contributed by atoms with van der Waals surface area (Å²) in [6, 6.07) is 5.92. The van der Waals surface area contributed by atoms with Crippen LogP contribution in [-0.4, -0.2) is 40.4 Å². The van der Waals surface area contributed by atoms with Gasteiger partial charge in [0.2, 0.25) is 0 Å². The van der Waals surface area contributed by atoms with Gasteiger partial charge in [-0.1, -0.05) is 6.07 Å². The van der Waals surface area contributed by atoms with Crippen LogP contribution in [0.1, 0.15) is 27.2 Å². The molecule has 0 bridgehead atoms. The van der Waals surface area contributed by atoms with Gasteiger partial charge in [0.15, 0.2) is 0 Å². The van der Waals surface area contributed by atoms with Crippen molar-refractivity contribution >= 4 is 33.8 Å². The van der Waals surface area contributed by atoms with Gasteiger partial charge in [0, 0.05) is 18.8 Å². The van der Waals surface area contributed by atoms with Gasteiger partial charge in [0.05, 0.1) is 5.03 Å². The van der Waals surface area contributed by atoms with Gasteiger partial charge in [-0.05, 0) is 61.2 Å². The molecule has 116 valence electrons. The second-order valence-corrected chi connectivity index (χ2v) is 8.04. The van der Waals surface area contributed by atoms with Crippen molar-refractivity contribution in [2.75, 3.05) is 18.8 Å². The summed E-state index contributed by atoms with van der Waals surface area (Å²) >= 11 is 5.12. The molecule has 1 aliphatic heterocycles. The van der Waals surface area contributed by atoms with Gasteiger partial charge in [-0.25, -0.2) is 9.78 Å². The van der Waals surface area contributed by atoms with Crippen LogP contribution in [0.5, 0.6) is 0 Å². The number of thioether (sulfide) groups is 1. The zero-order valence-electron chi connectivity index (χ0n) is 12.6. The maximum Gasteiger partial charge on any atom is 0.410 e. The Morgan fingerprint density at radius 3 is 2.95 bits per heavy atom. The Balaban J connectivity index is 1.79. The normalized spacial score (nSPS) is 18.9. The summed E-state index contributed by atoms with van der Waals surface area (Å²) in [5.41, 5.74) is -0.426. The molecule has 0 radical (unpaired) electrons. The number of hydrogen-bond donors (Lipinski definition) is 0. The van der Waals surface area contributed by atoms with E-state index in [0.717, 1.165) is 34.9 Å². The summed E-state index contributed by atoms with van der Waals surface area (Å²) < 4.78 is 6.27. The molecule has 1 aliphatic rings. The number of aromatic nitrogens is 1. The second-order valence-electron chi connectivity index (χ2n) is 6.19.